The van der Waals surface area contributed by atoms with E-state index in [2.05, 4.69) is 10.6 Å². The van der Waals surface area contributed by atoms with Crippen LogP contribution in [0.15, 0.2) is 0 Å². The van der Waals surface area contributed by atoms with E-state index in [1.54, 1.807) is 0 Å². The van der Waals surface area contributed by atoms with Crippen molar-refractivity contribution < 1.29 is 13.2 Å². The first kappa shape index (κ1) is 13.4. The summed E-state index contributed by atoms with van der Waals surface area (Å²) >= 11 is 0. The first-order chi connectivity index (χ1) is 9.02. The maximum absolute atomic E-state index is 12.6. The average Bonchev–Trinajstić information content (AvgIpc) is 2.93. The maximum Gasteiger partial charge on any atom is 0.228 e. The molecule has 0 bridgehead atoms. The highest BCUT2D eigenvalue weighted by atomic mass is 32.2. The number of sulfone groups is 1. The molecule has 0 spiro atoms. The third-order valence-electron chi connectivity index (χ3n) is 5.06. The van der Waals surface area contributed by atoms with Gasteiger partial charge in [-0.3, -0.25) is 4.79 Å². The van der Waals surface area contributed by atoms with Gasteiger partial charge in [0.25, 0.3) is 0 Å². The van der Waals surface area contributed by atoms with Gasteiger partial charge in [0.15, 0.2) is 9.84 Å². The van der Waals surface area contributed by atoms with E-state index in [9.17, 15) is 13.2 Å². The van der Waals surface area contributed by atoms with E-state index in [0.29, 0.717) is 12.3 Å². The number of nitrogens with one attached hydrogen (secondary N) is 2. The fourth-order valence-corrected chi connectivity index (χ4v) is 5.60. The number of hydrogen-bond acceptors (Lipinski definition) is 4. The fourth-order valence-electron chi connectivity index (χ4n) is 3.93. The van der Waals surface area contributed by atoms with E-state index in [1.807, 2.05) is 0 Å². The van der Waals surface area contributed by atoms with Gasteiger partial charge in [-0.05, 0) is 31.7 Å². The Balaban J connectivity index is 1.69. The molecule has 3 rings (SSSR count). The van der Waals surface area contributed by atoms with Gasteiger partial charge in [0.05, 0.1) is 16.9 Å². The van der Waals surface area contributed by atoms with Crippen molar-refractivity contribution in [2.45, 2.75) is 38.1 Å². The summed E-state index contributed by atoms with van der Waals surface area (Å²) in [6.45, 7) is 1.68. The minimum absolute atomic E-state index is 0.0873. The molecular weight excluding hydrogens is 264 g/mol. The zero-order valence-electron chi connectivity index (χ0n) is 11.2. The van der Waals surface area contributed by atoms with Gasteiger partial charge >= 0.3 is 0 Å². The smallest absolute Gasteiger partial charge is 0.228 e. The van der Waals surface area contributed by atoms with Crippen LogP contribution in [0.25, 0.3) is 0 Å². The van der Waals surface area contributed by atoms with E-state index in [0.717, 1.165) is 32.4 Å². The average molecular weight is 286 g/mol. The van der Waals surface area contributed by atoms with E-state index in [4.69, 9.17) is 0 Å². The van der Waals surface area contributed by atoms with Crippen molar-refractivity contribution in [1.29, 1.82) is 0 Å². The van der Waals surface area contributed by atoms with Crippen molar-refractivity contribution in [2.24, 2.45) is 11.3 Å². The number of carbonyl (C=O) groups excluding carboxylic acids is 1. The van der Waals surface area contributed by atoms with Crippen molar-refractivity contribution in [2.75, 3.05) is 24.6 Å². The molecule has 2 aliphatic heterocycles. The monoisotopic (exact) mass is 286 g/mol. The van der Waals surface area contributed by atoms with Gasteiger partial charge in [0.2, 0.25) is 5.91 Å². The molecule has 2 saturated heterocycles. The molecule has 0 aromatic heterocycles. The van der Waals surface area contributed by atoms with Crippen LogP contribution < -0.4 is 10.6 Å². The first-order valence-electron chi connectivity index (χ1n) is 7.24. The Morgan fingerprint density at radius 2 is 2.11 bits per heavy atom. The molecule has 3 aliphatic rings. The molecule has 0 aromatic carbocycles. The minimum atomic E-state index is -2.93. The van der Waals surface area contributed by atoms with Gasteiger partial charge in [-0.2, -0.15) is 0 Å². The Hall–Kier alpha value is -0.620. The number of fused-ring (bicyclic) bond motifs is 1. The summed E-state index contributed by atoms with van der Waals surface area (Å²) in [5.74, 6) is 0.850. The summed E-state index contributed by atoms with van der Waals surface area (Å²) in [6, 6.07) is -0.171. The molecule has 0 aromatic rings. The van der Waals surface area contributed by atoms with Crippen LogP contribution in [0.1, 0.15) is 32.1 Å². The van der Waals surface area contributed by atoms with Crippen molar-refractivity contribution in [3.63, 3.8) is 0 Å². The highest BCUT2D eigenvalue weighted by Gasteiger charge is 2.50. The first-order valence-corrected chi connectivity index (χ1v) is 9.06. The Morgan fingerprint density at radius 1 is 1.26 bits per heavy atom. The third-order valence-corrected chi connectivity index (χ3v) is 6.83. The Labute approximate surface area is 114 Å². The molecule has 1 saturated carbocycles. The molecule has 1 aliphatic carbocycles. The van der Waals surface area contributed by atoms with Crippen molar-refractivity contribution in [3.8, 4) is 0 Å². The van der Waals surface area contributed by atoms with Gasteiger partial charge in [0.1, 0.15) is 0 Å². The van der Waals surface area contributed by atoms with E-state index in [1.165, 1.54) is 6.42 Å². The Morgan fingerprint density at radius 3 is 2.84 bits per heavy atom. The fraction of sp³-hybridized carbons (Fsp3) is 0.923. The van der Waals surface area contributed by atoms with Gasteiger partial charge in [0, 0.05) is 12.6 Å². The molecule has 3 fully saturated rings. The molecule has 108 valence electrons. The molecule has 1 amide bonds. The Bertz CT molecular complexity index is 476. The standard InChI is InChI=1S/C13H22N2O3S/c16-12(15-11-4-6-19(17,18)8-11)13-5-2-1-3-10(13)7-14-9-13/h10-11,14H,1-9H2,(H,15,16)/t10-,11?,13+/m0/s1. The SMILES string of the molecule is O=C(NC1CCS(=O)(=O)C1)[C@@]12CCCC[C@H]1CNC2. The number of hydrogen-bond donors (Lipinski definition) is 2. The summed E-state index contributed by atoms with van der Waals surface area (Å²) < 4.78 is 22.9. The predicted molar refractivity (Wildman–Crippen MR) is 72.5 cm³/mol. The topological polar surface area (TPSA) is 75.3 Å². The lowest BCUT2D eigenvalue weighted by atomic mass is 9.67. The van der Waals surface area contributed by atoms with Crippen molar-refractivity contribution in [3.05, 3.63) is 0 Å². The molecule has 19 heavy (non-hydrogen) atoms. The summed E-state index contributed by atoms with van der Waals surface area (Å²) in [5, 5.41) is 6.36. The van der Waals surface area contributed by atoms with Crippen molar-refractivity contribution in [1.82, 2.24) is 10.6 Å². The second-order valence-corrected chi connectivity index (χ2v) is 8.53. The van der Waals surface area contributed by atoms with Crippen LogP contribution in [0.5, 0.6) is 0 Å². The lowest BCUT2D eigenvalue weighted by Gasteiger charge is -2.37. The van der Waals surface area contributed by atoms with E-state index < -0.39 is 9.84 Å². The largest absolute Gasteiger partial charge is 0.352 e. The van der Waals surface area contributed by atoms with Crippen LogP contribution >= 0.6 is 0 Å². The highest BCUT2D eigenvalue weighted by molar-refractivity contribution is 7.91. The molecule has 2 heterocycles. The number of rotatable bonds is 2. The van der Waals surface area contributed by atoms with Crippen LogP contribution in [0.2, 0.25) is 0 Å². The van der Waals surface area contributed by atoms with Gasteiger partial charge in [-0.25, -0.2) is 8.42 Å². The van der Waals surface area contributed by atoms with E-state index in [-0.39, 0.29) is 28.9 Å². The molecule has 6 heteroatoms. The van der Waals surface area contributed by atoms with Gasteiger partial charge in [-0.1, -0.05) is 12.8 Å². The lowest BCUT2D eigenvalue weighted by molar-refractivity contribution is -0.134. The van der Waals surface area contributed by atoms with E-state index >= 15 is 0 Å². The second-order valence-electron chi connectivity index (χ2n) is 6.30. The van der Waals surface area contributed by atoms with Crippen LogP contribution in [0.4, 0.5) is 0 Å². The third kappa shape index (κ3) is 2.40. The molecule has 5 nitrogen and oxygen atoms in total. The predicted octanol–water partition coefficient (Wildman–Crippen LogP) is 0.0695. The summed E-state index contributed by atoms with van der Waals surface area (Å²) in [6.07, 6.45) is 4.94. The lowest BCUT2D eigenvalue weighted by Crippen LogP contribution is -2.51. The molecule has 1 unspecified atom stereocenters. The number of amides is 1. The zero-order chi connectivity index (χ0) is 13.5. The molecule has 3 atom stereocenters. The van der Waals surface area contributed by atoms with Crippen LogP contribution in [-0.4, -0.2) is 45.0 Å². The van der Waals surface area contributed by atoms with Gasteiger partial charge in [-0.15, -0.1) is 0 Å². The molecular formula is C13H22N2O3S. The van der Waals surface area contributed by atoms with Crippen LogP contribution in [0.3, 0.4) is 0 Å². The highest BCUT2D eigenvalue weighted by Crippen LogP contribution is 2.44. The molecule has 0 radical (unpaired) electrons. The summed E-state index contributed by atoms with van der Waals surface area (Å²) in [7, 11) is -2.93. The summed E-state index contributed by atoms with van der Waals surface area (Å²) in [5.41, 5.74) is -0.273. The Kier molecular flexibility index (Phi) is 3.33. The van der Waals surface area contributed by atoms with Crippen LogP contribution in [0, 0.1) is 11.3 Å². The van der Waals surface area contributed by atoms with Crippen LogP contribution in [-0.2, 0) is 14.6 Å². The maximum atomic E-state index is 12.6. The number of carbonyl (C=O) groups is 1. The molecule has 2 N–H and O–H groups in total. The minimum Gasteiger partial charge on any atom is -0.352 e. The quantitative estimate of drug-likeness (QED) is 0.753. The zero-order valence-corrected chi connectivity index (χ0v) is 12.0. The normalized spacial score (nSPS) is 40.8. The summed E-state index contributed by atoms with van der Waals surface area (Å²) in [4.78, 5) is 12.6. The van der Waals surface area contributed by atoms with Crippen molar-refractivity contribution >= 4 is 15.7 Å². The van der Waals surface area contributed by atoms with Gasteiger partial charge < -0.3 is 10.6 Å². The second kappa shape index (κ2) is 4.74.